The number of anilines is 2. The summed E-state index contributed by atoms with van der Waals surface area (Å²) in [6.07, 6.45) is 2.75. The summed E-state index contributed by atoms with van der Waals surface area (Å²) in [4.78, 5) is 25.8. The van der Waals surface area contributed by atoms with Crippen LogP contribution in [0.25, 0.3) is 6.08 Å². The number of thiophene rings is 1. The molecule has 0 saturated heterocycles. The van der Waals surface area contributed by atoms with E-state index >= 15 is 0 Å². The van der Waals surface area contributed by atoms with Crippen molar-refractivity contribution in [3.05, 3.63) is 46.2 Å². The summed E-state index contributed by atoms with van der Waals surface area (Å²) in [5.41, 5.74) is 1.16. The molecule has 6 heteroatoms. The van der Waals surface area contributed by atoms with Crippen LogP contribution in [0.5, 0.6) is 5.75 Å². The van der Waals surface area contributed by atoms with Crippen LogP contribution in [0.2, 0.25) is 0 Å². The van der Waals surface area contributed by atoms with Gasteiger partial charge in [0.1, 0.15) is 5.75 Å². The van der Waals surface area contributed by atoms with E-state index < -0.39 is 6.10 Å². The average Bonchev–Trinajstić information content (AvgIpc) is 2.92. The summed E-state index contributed by atoms with van der Waals surface area (Å²) in [7, 11) is 0. The normalized spacial score (nSPS) is 16.6. The van der Waals surface area contributed by atoms with E-state index in [9.17, 15) is 9.59 Å². The number of carbonyl (C=O) groups excluding carboxylic acids is 2. The Labute approximate surface area is 138 Å². The quantitative estimate of drug-likeness (QED) is 0.848. The van der Waals surface area contributed by atoms with Crippen molar-refractivity contribution in [2.24, 2.45) is 0 Å². The van der Waals surface area contributed by atoms with Gasteiger partial charge < -0.3 is 15.4 Å². The van der Waals surface area contributed by atoms with Gasteiger partial charge in [-0.2, -0.15) is 0 Å². The molecule has 2 aromatic rings. The van der Waals surface area contributed by atoms with Crippen LogP contribution >= 0.6 is 11.3 Å². The first-order chi connectivity index (χ1) is 11.0. The third-order valence-corrected chi connectivity index (χ3v) is 4.30. The summed E-state index contributed by atoms with van der Waals surface area (Å²) in [6.45, 7) is 3.71. The molecule has 1 aromatic carbocycles. The van der Waals surface area contributed by atoms with Gasteiger partial charge >= 0.3 is 0 Å². The zero-order valence-corrected chi connectivity index (χ0v) is 13.6. The molecule has 0 aliphatic carbocycles. The van der Waals surface area contributed by atoms with Gasteiger partial charge in [0.25, 0.3) is 5.91 Å². The Balaban J connectivity index is 1.68. The zero-order chi connectivity index (χ0) is 16.4. The number of hydrogen-bond donors (Lipinski definition) is 2. The zero-order valence-electron chi connectivity index (χ0n) is 12.8. The SMILES string of the molecule is Cc1ccc(/C=C/C(=O)Nc2ccc3c(c2)NC(=O)C(C)O3)s1. The van der Waals surface area contributed by atoms with Gasteiger partial charge in [-0.15, -0.1) is 11.3 Å². The van der Waals surface area contributed by atoms with Crippen molar-refractivity contribution in [2.45, 2.75) is 20.0 Å². The maximum absolute atomic E-state index is 12.0. The van der Waals surface area contributed by atoms with E-state index in [0.29, 0.717) is 17.1 Å². The molecule has 2 heterocycles. The number of rotatable bonds is 3. The maximum Gasteiger partial charge on any atom is 0.265 e. The summed E-state index contributed by atoms with van der Waals surface area (Å²) in [5, 5.41) is 5.52. The highest BCUT2D eigenvalue weighted by Gasteiger charge is 2.23. The Morgan fingerprint density at radius 3 is 2.91 bits per heavy atom. The maximum atomic E-state index is 12.0. The lowest BCUT2D eigenvalue weighted by atomic mass is 10.2. The monoisotopic (exact) mass is 328 g/mol. The van der Waals surface area contributed by atoms with Crippen LogP contribution in [0.3, 0.4) is 0 Å². The van der Waals surface area contributed by atoms with Crippen molar-refractivity contribution in [1.29, 1.82) is 0 Å². The minimum absolute atomic E-state index is 0.200. The second-order valence-electron chi connectivity index (χ2n) is 5.23. The molecule has 0 saturated carbocycles. The highest BCUT2D eigenvalue weighted by Crippen LogP contribution is 2.32. The van der Waals surface area contributed by atoms with Crippen LogP contribution in [-0.2, 0) is 9.59 Å². The van der Waals surface area contributed by atoms with Crippen LogP contribution in [0.1, 0.15) is 16.7 Å². The fraction of sp³-hybridized carbons (Fsp3) is 0.176. The largest absolute Gasteiger partial charge is 0.479 e. The molecule has 1 aromatic heterocycles. The average molecular weight is 328 g/mol. The lowest BCUT2D eigenvalue weighted by molar-refractivity contribution is -0.122. The van der Waals surface area contributed by atoms with Gasteiger partial charge in [-0.3, -0.25) is 9.59 Å². The molecular formula is C17H16N2O3S. The van der Waals surface area contributed by atoms with Crippen molar-refractivity contribution >= 4 is 40.6 Å². The van der Waals surface area contributed by atoms with Crippen molar-refractivity contribution < 1.29 is 14.3 Å². The second kappa shape index (κ2) is 6.26. The Bertz CT molecular complexity index is 795. The number of aryl methyl sites for hydroxylation is 1. The van der Waals surface area contributed by atoms with Crippen LogP contribution in [-0.4, -0.2) is 17.9 Å². The number of amides is 2. The van der Waals surface area contributed by atoms with Crippen LogP contribution in [0.4, 0.5) is 11.4 Å². The predicted molar refractivity (Wildman–Crippen MR) is 91.9 cm³/mol. The predicted octanol–water partition coefficient (Wildman–Crippen LogP) is 3.43. The van der Waals surface area contributed by atoms with E-state index in [0.717, 1.165) is 4.88 Å². The van der Waals surface area contributed by atoms with E-state index in [2.05, 4.69) is 10.6 Å². The molecule has 0 fully saturated rings. The number of ether oxygens (including phenoxy) is 1. The molecule has 2 N–H and O–H groups in total. The van der Waals surface area contributed by atoms with Crippen LogP contribution < -0.4 is 15.4 Å². The molecule has 1 unspecified atom stereocenters. The molecule has 5 nitrogen and oxygen atoms in total. The third kappa shape index (κ3) is 3.60. The Morgan fingerprint density at radius 1 is 1.35 bits per heavy atom. The van der Waals surface area contributed by atoms with Gasteiger partial charge in [0.05, 0.1) is 5.69 Å². The first kappa shape index (κ1) is 15.3. The molecule has 1 aliphatic rings. The summed E-state index contributed by atoms with van der Waals surface area (Å²) >= 11 is 1.62. The molecule has 1 atom stereocenters. The summed E-state index contributed by atoms with van der Waals surface area (Å²) in [6, 6.07) is 9.13. The first-order valence-corrected chi connectivity index (χ1v) is 8.00. The van der Waals surface area contributed by atoms with Gasteiger partial charge in [0.2, 0.25) is 5.91 Å². The van der Waals surface area contributed by atoms with Crippen LogP contribution in [0.15, 0.2) is 36.4 Å². The second-order valence-corrected chi connectivity index (χ2v) is 6.55. The molecule has 0 bridgehead atoms. The van der Waals surface area contributed by atoms with Crippen molar-refractivity contribution in [2.75, 3.05) is 10.6 Å². The van der Waals surface area contributed by atoms with Gasteiger partial charge in [-0.25, -0.2) is 0 Å². The smallest absolute Gasteiger partial charge is 0.265 e. The number of benzene rings is 1. The van der Waals surface area contributed by atoms with Gasteiger partial charge in [0.15, 0.2) is 6.10 Å². The van der Waals surface area contributed by atoms with E-state index in [-0.39, 0.29) is 11.8 Å². The number of nitrogens with one attached hydrogen (secondary N) is 2. The Hall–Kier alpha value is -2.60. The summed E-state index contributed by atoms with van der Waals surface area (Å²) in [5.74, 6) is 0.168. The first-order valence-electron chi connectivity index (χ1n) is 7.18. The standard InChI is InChI=1S/C17H16N2O3S/c1-10-3-5-13(23-10)6-8-16(20)18-12-4-7-15-14(9-12)19-17(21)11(2)22-15/h3-9,11H,1-2H3,(H,18,20)(H,19,21)/b8-6+. The number of hydrogen-bond acceptors (Lipinski definition) is 4. The Morgan fingerprint density at radius 2 is 2.17 bits per heavy atom. The fourth-order valence-electron chi connectivity index (χ4n) is 2.17. The van der Waals surface area contributed by atoms with E-state index in [1.54, 1.807) is 42.5 Å². The van der Waals surface area contributed by atoms with Crippen molar-refractivity contribution in [1.82, 2.24) is 0 Å². The highest BCUT2D eigenvalue weighted by atomic mass is 32.1. The van der Waals surface area contributed by atoms with E-state index in [1.807, 2.05) is 19.1 Å². The molecule has 3 rings (SSSR count). The summed E-state index contributed by atoms with van der Waals surface area (Å²) < 4.78 is 5.47. The van der Waals surface area contributed by atoms with Gasteiger partial charge in [-0.05, 0) is 50.3 Å². The number of carbonyl (C=O) groups is 2. The van der Waals surface area contributed by atoms with E-state index in [4.69, 9.17) is 4.74 Å². The fourth-order valence-corrected chi connectivity index (χ4v) is 2.95. The molecule has 0 spiro atoms. The lowest BCUT2D eigenvalue weighted by Gasteiger charge is -2.23. The lowest BCUT2D eigenvalue weighted by Crippen LogP contribution is -2.34. The van der Waals surface area contributed by atoms with Crippen molar-refractivity contribution in [3.63, 3.8) is 0 Å². The highest BCUT2D eigenvalue weighted by molar-refractivity contribution is 7.12. The molecule has 0 radical (unpaired) electrons. The Kier molecular flexibility index (Phi) is 4.16. The van der Waals surface area contributed by atoms with E-state index in [1.165, 1.54) is 11.0 Å². The molecule has 118 valence electrons. The molecule has 2 amide bonds. The topological polar surface area (TPSA) is 67.4 Å². The molecule has 1 aliphatic heterocycles. The minimum atomic E-state index is -0.514. The third-order valence-electron chi connectivity index (χ3n) is 3.34. The van der Waals surface area contributed by atoms with Gasteiger partial charge in [0, 0.05) is 21.5 Å². The van der Waals surface area contributed by atoms with Gasteiger partial charge in [-0.1, -0.05) is 0 Å². The van der Waals surface area contributed by atoms with Crippen LogP contribution in [0, 0.1) is 6.92 Å². The molecule has 23 heavy (non-hydrogen) atoms. The minimum Gasteiger partial charge on any atom is -0.479 e. The van der Waals surface area contributed by atoms with Crippen molar-refractivity contribution in [3.8, 4) is 5.75 Å². The molecular weight excluding hydrogens is 312 g/mol. The number of fused-ring (bicyclic) bond motifs is 1.